The number of hydrogen-bond donors (Lipinski definition) is 3. The molecule has 0 aliphatic carbocycles. The van der Waals surface area contributed by atoms with Crippen LogP contribution in [-0.4, -0.2) is 42.4 Å². The Morgan fingerprint density at radius 3 is 2.88 bits per heavy atom. The number of carboxylic acids is 1. The number of carbonyl (C=O) groups excluding carboxylic acids is 1. The Kier molecular flexibility index (Phi) is 5.76. The summed E-state index contributed by atoms with van der Waals surface area (Å²) < 4.78 is 5.37. The predicted molar refractivity (Wildman–Crippen MR) is 61.8 cm³/mol. The van der Waals surface area contributed by atoms with Crippen LogP contribution in [0.15, 0.2) is 0 Å². The van der Waals surface area contributed by atoms with E-state index in [9.17, 15) is 9.59 Å². The van der Waals surface area contributed by atoms with Gasteiger partial charge in [0.25, 0.3) is 0 Å². The lowest BCUT2D eigenvalue weighted by molar-refractivity contribution is -0.137. The lowest BCUT2D eigenvalue weighted by atomic mass is 10.2. The van der Waals surface area contributed by atoms with Crippen LogP contribution in [-0.2, 0) is 9.53 Å². The molecule has 6 heteroatoms. The van der Waals surface area contributed by atoms with Gasteiger partial charge < -0.3 is 20.5 Å². The zero-order chi connectivity index (χ0) is 12.7. The summed E-state index contributed by atoms with van der Waals surface area (Å²) in [5.74, 6) is -0.849. The van der Waals surface area contributed by atoms with Crippen molar-refractivity contribution in [3.63, 3.8) is 0 Å². The number of carbonyl (C=O) groups is 2. The minimum atomic E-state index is -0.849. The van der Waals surface area contributed by atoms with Crippen LogP contribution in [0, 0.1) is 0 Å². The molecule has 1 fully saturated rings. The third-order valence-electron chi connectivity index (χ3n) is 2.68. The number of hydrogen-bond acceptors (Lipinski definition) is 3. The minimum absolute atomic E-state index is 0.0627. The maximum atomic E-state index is 11.4. The molecule has 3 N–H and O–H groups in total. The second-order valence-corrected chi connectivity index (χ2v) is 4.32. The molecule has 0 aromatic rings. The van der Waals surface area contributed by atoms with Crippen molar-refractivity contribution < 1.29 is 19.4 Å². The molecule has 1 aliphatic heterocycles. The van der Waals surface area contributed by atoms with Crippen LogP contribution in [0.5, 0.6) is 0 Å². The second-order valence-electron chi connectivity index (χ2n) is 4.32. The Morgan fingerprint density at radius 1 is 1.53 bits per heavy atom. The van der Waals surface area contributed by atoms with Gasteiger partial charge in [-0.1, -0.05) is 0 Å². The lowest BCUT2D eigenvalue weighted by Gasteiger charge is -2.15. The molecule has 2 unspecified atom stereocenters. The zero-order valence-corrected chi connectivity index (χ0v) is 10.1. The number of urea groups is 1. The summed E-state index contributed by atoms with van der Waals surface area (Å²) in [6, 6.07) is -0.408. The van der Waals surface area contributed by atoms with Crippen LogP contribution < -0.4 is 10.6 Å². The largest absolute Gasteiger partial charge is 0.481 e. The number of ether oxygens (including phenoxy) is 1. The van der Waals surface area contributed by atoms with E-state index in [-0.39, 0.29) is 24.6 Å². The highest BCUT2D eigenvalue weighted by Gasteiger charge is 2.16. The SMILES string of the molecule is CC(CCC(=O)O)NC(=O)NCC1CCCO1. The first-order valence-electron chi connectivity index (χ1n) is 5.95. The molecule has 0 radical (unpaired) electrons. The molecule has 17 heavy (non-hydrogen) atoms. The topological polar surface area (TPSA) is 87.7 Å². The van der Waals surface area contributed by atoms with Crippen molar-refractivity contribution in [2.75, 3.05) is 13.2 Å². The lowest BCUT2D eigenvalue weighted by Crippen LogP contribution is -2.43. The smallest absolute Gasteiger partial charge is 0.315 e. The molecule has 1 aliphatic rings. The first kappa shape index (κ1) is 13.8. The highest BCUT2D eigenvalue weighted by atomic mass is 16.5. The van der Waals surface area contributed by atoms with Gasteiger partial charge in [-0.15, -0.1) is 0 Å². The van der Waals surface area contributed by atoms with E-state index in [2.05, 4.69) is 10.6 Å². The molecule has 0 aromatic carbocycles. The molecule has 0 bridgehead atoms. The van der Waals surface area contributed by atoms with Crippen LogP contribution in [0.3, 0.4) is 0 Å². The van der Waals surface area contributed by atoms with Gasteiger partial charge in [0, 0.05) is 25.6 Å². The van der Waals surface area contributed by atoms with Gasteiger partial charge in [0.05, 0.1) is 6.10 Å². The Bertz CT molecular complexity index is 264. The third-order valence-corrected chi connectivity index (χ3v) is 2.68. The van der Waals surface area contributed by atoms with Gasteiger partial charge in [-0.25, -0.2) is 4.79 Å². The van der Waals surface area contributed by atoms with Crippen LogP contribution in [0.1, 0.15) is 32.6 Å². The van der Waals surface area contributed by atoms with E-state index in [1.54, 1.807) is 6.92 Å². The van der Waals surface area contributed by atoms with E-state index in [4.69, 9.17) is 9.84 Å². The average molecular weight is 244 g/mol. The Balaban J connectivity index is 2.08. The first-order valence-corrected chi connectivity index (χ1v) is 5.95. The fourth-order valence-corrected chi connectivity index (χ4v) is 1.70. The Labute approximate surface area is 101 Å². The summed E-state index contributed by atoms with van der Waals surface area (Å²) in [5.41, 5.74) is 0. The van der Waals surface area contributed by atoms with Gasteiger partial charge >= 0.3 is 12.0 Å². The van der Waals surface area contributed by atoms with E-state index < -0.39 is 5.97 Å². The molecule has 2 atom stereocenters. The first-order chi connectivity index (χ1) is 8.08. The molecular weight excluding hydrogens is 224 g/mol. The second kappa shape index (κ2) is 7.11. The molecule has 0 saturated carbocycles. The maximum absolute atomic E-state index is 11.4. The van der Waals surface area contributed by atoms with Crippen molar-refractivity contribution in [3.8, 4) is 0 Å². The molecule has 6 nitrogen and oxygen atoms in total. The molecular formula is C11H20N2O4. The Hall–Kier alpha value is -1.30. The highest BCUT2D eigenvalue weighted by molar-refractivity contribution is 5.74. The Morgan fingerprint density at radius 2 is 2.29 bits per heavy atom. The summed E-state index contributed by atoms with van der Waals surface area (Å²) in [7, 11) is 0. The summed E-state index contributed by atoms with van der Waals surface area (Å²) in [4.78, 5) is 21.8. The van der Waals surface area contributed by atoms with Gasteiger partial charge in [-0.05, 0) is 26.2 Å². The number of nitrogens with one attached hydrogen (secondary N) is 2. The number of carboxylic acid groups (broad SMARTS) is 1. The number of rotatable bonds is 6. The van der Waals surface area contributed by atoms with Crippen LogP contribution in [0.4, 0.5) is 4.79 Å². The predicted octanol–water partition coefficient (Wildman–Crippen LogP) is 0.718. The summed E-state index contributed by atoms with van der Waals surface area (Å²) in [5, 5.41) is 13.9. The van der Waals surface area contributed by atoms with Crippen molar-refractivity contribution in [3.05, 3.63) is 0 Å². The quantitative estimate of drug-likeness (QED) is 0.642. The van der Waals surface area contributed by atoms with E-state index in [1.165, 1.54) is 0 Å². The molecule has 98 valence electrons. The van der Waals surface area contributed by atoms with Gasteiger partial charge in [0.1, 0.15) is 0 Å². The number of amides is 2. The fourth-order valence-electron chi connectivity index (χ4n) is 1.70. The van der Waals surface area contributed by atoms with Crippen LogP contribution in [0.2, 0.25) is 0 Å². The molecule has 1 rings (SSSR count). The maximum Gasteiger partial charge on any atom is 0.315 e. The van der Waals surface area contributed by atoms with Gasteiger partial charge in [0.15, 0.2) is 0 Å². The standard InChI is InChI=1S/C11H20N2O4/c1-8(4-5-10(14)15)13-11(16)12-7-9-3-2-6-17-9/h8-9H,2-7H2,1H3,(H,14,15)(H2,12,13,16). The molecule has 2 amide bonds. The molecule has 0 aromatic heterocycles. The summed E-state index contributed by atoms with van der Waals surface area (Å²) in [6.45, 7) is 3.06. The minimum Gasteiger partial charge on any atom is -0.481 e. The monoisotopic (exact) mass is 244 g/mol. The zero-order valence-electron chi connectivity index (χ0n) is 10.1. The van der Waals surface area contributed by atoms with E-state index in [1.807, 2.05) is 0 Å². The van der Waals surface area contributed by atoms with E-state index >= 15 is 0 Å². The number of aliphatic carboxylic acids is 1. The van der Waals surface area contributed by atoms with Crippen molar-refractivity contribution in [2.24, 2.45) is 0 Å². The molecule has 1 saturated heterocycles. The average Bonchev–Trinajstić information content (AvgIpc) is 2.76. The summed E-state index contributed by atoms with van der Waals surface area (Å²) in [6.07, 6.45) is 2.64. The van der Waals surface area contributed by atoms with E-state index in [0.29, 0.717) is 13.0 Å². The van der Waals surface area contributed by atoms with Gasteiger partial charge in [-0.2, -0.15) is 0 Å². The normalized spacial score (nSPS) is 20.9. The van der Waals surface area contributed by atoms with Crippen molar-refractivity contribution in [1.29, 1.82) is 0 Å². The summed E-state index contributed by atoms with van der Waals surface area (Å²) >= 11 is 0. The molecule has 1 heterocycles. The van der Waals surface area contributed by atoms with Gasteiger partial charge in [0.2, 0.25) is 0 Å². The van der Waals surface area contributed by atoms with Crippen molar-refractivity contribution in [1.82, 2.24) is 10.6 Å². The van der Waals surface area contributed by atoms with Gasteiger partial charge in [-0.3, -0.25) is 4.79 Å². The fraction of sp³-hybridized carbons (Fsp3) is 0.818. The van der Waals surface area contributed by atoms with Crippen LogP contribution in [0.25, 0.3) is 0 Å². The van der Waals surface area contributed by atoms with Crippen molar-refractivity contribution in [2.45, 2.75) is 44.8 Å². The highest BCUT2D eigenvalue weighted by Crippen LogP contribution is 2.10. The van der Waals surface area contributed by atoms with Crippen molar-refractivity contribution >= 4 is 12.0 Å². The van der Waals surface area contributed by atoms with E-state index in [0.717, 1.165) is 19.4 Å². The molecule has 0 spiro atoms. The third kappa shape index (κ3) is 6.11. The van der Waals surface area contributed by atoms with Crippen LogP contribution >= 0.6 is 0 Å².